The minimum absolute atomic E-state index is 0.472. The third kappa shape index (κ3) is 1.52. The van der Waals surface area contributed by atoms with Crippen LogP contribution in [0.15, 0.2) is 29.0 Å². The second-order valence-electron chi connectivity index (χ2n) is 2.49. The van der Waals surface area contributed by atoms with Gasteiger partial charge in [-0.15, -0.1) is 0 Å². The second kappa shape index (κ2) is 3.60. The molecule has 0 unspecified atom stereocenters. The van der Waals surface area contributed by atoms with Crippen molar-refractivity contribution in [1.82, 2.24) is 14.8 Å². The first kappa shape index (κ1) is 8.91. The number of pyridine rings is 1. The van der Waals surface area contributed by atoms with Crippen LogP contribution >= 0.6 is 15.9 Å². The Hall–Kier alpha value is -1.67. The molecule has 67 valence electrons. The van der Waals surface area contributed by atoms with Gasteiger partial charge in [-0.25, -0.2) is 9.67 Å². The molecule has 0 spiro atoms. The van der Waals surface area contributed by atoms with Gasteiger partial charge in [0.15, 0.2) is 5.82 Å². The predicted molar refractivity (Wildman–Crippen MR) is 52.6 cm³/mol. The van der Waals surface area contributed by atoms with Crippen LogP contribution in [0.25, 0.3) is 5.82 Å². The van der Waals surface area contributed by atoms with E-state index < -0.39 is 0 Å². The van der Waals surface area contributed by atoms with E-state index in [9.17, 15) is 0 Å². The summed E-state index contributed by atoms with van der Waals surface area (Å²) in [5, 5.41) is 12.9. The molecular formula is C9H4BrN4. The van der Waals surface area contributed by atoms with Crippen molar-refractivity contribution in [2.75, 3.05) is 0 Å². The predicted octanol–water partition coefficient (Wildman–Crippen LogP) is 1.70. The lowest BCUT2D eigenvalue weighted by molar-refractivity contribution is 0.829. The molecular weight excluding hydrogens is 244 g/mol. The highest BCUT2D eigenvalue weighted by Crippen LogP contribution is 2.11. The minimum Gasteiger partial charge on any atom is -0.236 e. The zero-order valence-electron chi connectivity index (χ0n) is 6.98. The number of hydrogen-bond acceptors (Lipinski definition) is 3. The minimum atomic E-state index is 0.472. The van der Waals surface area contributed by atoms with E-state index in [1.165, 1.54) is 4.68 Å². The first-order valence-corrected chi connectivity index (χ1v) is 4.59. The van der Waals surface area contributed by atoms with Crippen molar-refractivity contribution in [3.8, 4) is 11.9 Å². The summed E-state index contributed by atoms with van der Waals surface area (Å²) in [4.78, 5) is 4.06. The Morgan fingerprint density at radius 1 is 1.57 bits per heavy atom. The van der Waals surface area contributed by atoms with Crippen molar-refractivity contribution < 1.29 is 0 Å². The van der Waals surface area contributed by atoms with Crippen LogP contribution in [0.2, 0.25) is 0 Å². The first-order chi connectivity index (χ1) is 6.81. The fourth-order valence-electron chi connectivity index (χ4n) is 1.03. The standard InChI is InChI=1S/C9H4BrN4/c10-8-3-5-14(13-8)9-7(6-11)2-1-4-12-9/h1-4H. The van der Waals surface area contributed by atoms with Gasteiger partial charge in [0, 0.05) is 12.3 Å². The van der Waals surface area contributed by atoms with Crippen LogP contribution in [0, 0.1) is 17.5 Å². The van der Waals surface area contributed by atoms with Gasteiger partial charge >= 0.3 is 0 Å². The maximum atomic E-state index is 8.83. The molecule has 2 rings (SSSR count). The summed E-state index contributed by atoms with van der Waals surface area (Å²) in [7, 11) is 0. The largest absolute Gasteiger partial charge is 0.236 e. The summed E-state index contributed by atoms with van der Waals surface area (Å²) in [5.74, 6) is 0.487. The lowest BCUT2D eigenvalue weighted by Gasteiger charge is -2.00. The fourth-order valence-corrected chi connectivity index (χ4v) is 1.29. The van der Waals surface area contributed by atoms with Gasteiger partial charge in [0.25, 0.3) is 0 Å². The monoisotopic (exact) mass is 247 g/mol. The molecule has 14 heavy (non-hydrogen) atoms. The fraction of sp³-hybridized carbons (Fsp3) is 0. The molecule has 4 nitrogen and oxygen atoms in total. The van der Waals surface area contributed by atoms with Crippen molar-refractivity contribution >= 4 is 15.9 Å². The van der Waals surface area contributed by atoms with E-state index >= 15 is 0 Å². The highest BCUT2D eigenvalue weighted by Gasteiger charge is 2.05. The average Bonchev–Trinajstić information content (AvgIpc) is 2.65. The van der Waals surface area contributed by atoms with E-state index in [1.807, 2.05) is 6.07 Å². The number of hydrogen-bond donors (Lipinski definition) is 0. The highest BCUT2D eigenvalue weighted by molar-refractivity contribution is 9.10. The summed E-state index contributed by atoms with van der Waals surface area (Å²) >= 11 is 3.20. The van der Waals surface area contributed by atoms with E-state index in [1.54, 1.807) is 24.4 Å². The van der Waals surface area contributed by atoms with E-state index in [0.717, 1.165) is 0 Å². The Morgan fingerprint density at radius 3 is 3.07 bits per heavy atom. The molecule has 0 bridgehead atoms. The van der Waals surface area contributed by atoms with Crippen molar-refractivity contribution in [3.63, 3.8) is 0 Å². The lowest BCUT2D eigenvalue weighted by Crippen LogP contribution is -2.00. The second-order valence-corrected chi connectivity index (χ2v) is 3.31. The quantitative estimate of drug-likeness (QED) is 0.771. The van der Waals surface area contributed by atoms with E-state index in [0.29, 0.717) is 16.0 Å². The summed E-state index contributed by atoms with van der Waals surface area (Å²) in [6, 6.07) is 7.10. The zero-order chi connectivity index (χ0) is 9.97. The van der Waals surface area contributed by atoms with Gasteiger partial charge in [0.05, 0.1) is 11.8 Å². The maximum absolute atomic E-state index is 8.83. The molecule has 0 saturated heterocycles. The van der Waals surface area contributed by atoms with Crippen LogP contribution in [0.4, 0.5) is 0 Å². The summed E-state index contributed by atoms with van der Waals surface area (Å²) < 4.78 is 2.09. The number of nitriles is 1. The van der Waals surface area contributed by atoms with Gasteiger partial charge in [-0.05, 0) is 28.1 Å². The van der Waals surface area contributed by atoms with Crippen LogP contribution in [-0.2, 0) is 0 Å². The van der Waals surface area contributed by atoms with E-state index in [2.05, 4.69) is 32.2 Å². The number of nitrogens with zero attached hydrogens (tertiary/aromatic N) is 4. The average molecular weight is 248 g/mol. The third-order valence-electron chi connectivity index (χ3n) is 1.61. The molecule has 0 fully saturated rings. The summed E-state index contributed by atoms with van der Waals surface area (Å²) in [6.07, 6.45) is 4.45. The Labute approximate surface area is 88.9 Å². The topological polar surface area (TPSA) is 54.5 Å². The molecule has 1 radical (unpaired) electrons. The van der Waals surface area contributed by atoms with Gasteiger partial charge in [0.2, 0.25) is 0 Å². The third-order valence-corrected chi connectivity index (χ3v) is 2.00. The first-order valence-electron chi connectivity index (χ1n) is 3.80. The van der Waals surface area contributed by atoms with Gasteiger partial charge in [0.1, 0.15) is 10.7 Å². The van der Waals surface area contributed by atoms with Crippen molar-refractivity contribution in [3.05, 3.63) is 40.8 Å². The molecule has 2 aromatic heterocycles. The zero-order valence-corrected chi connectivity index (χ0v) is 8.56. The Morgan fingerprint density at radius 2 is 2.43 bits per heavy atom. The van der Waals surface area contributed by atoms with Crippen LogP contribution < -0.4 is 0 Å². The molecule has 5 heteroatoms. The van der Waals surface area contributed by atoms with E-state index in [-0.39, 0.29) is 0 Å². The van der Waals surface area contributed by atoms with Gasteiger partial charge < -0.3 is 0 Å². The number of aromatic nitrogens is 3. The van der Waals surface area contributed by atoms with Crippen molar-refractivity contribution in [2.45, 2.75) is 0 Å². The smallest absolute Gasteiger partial charge is 0.172 e. The molecule has 2 aromatic rings. The maximum Gasteiger partial charge on any atom is 0.172 e. The summed E-state index contributed by atoms with van der Waals surface area (Å²) in [6.45, 7) is 0. The molecule has 0 atom stereocenters. The van der Waals surface area contributed by atoms with Gasteiger partial charge in [-0.2, -0.15) is 10.4 Å². The molecule has 0 aromatic carbocycles. The summed E-state index contributed by atoms with van der Waals surface area (Å²) in [5.41, 5.74) is 0.472. The number of halogens is 1. The van der Waals surface area contributed by atoms with Crippen LogP contribution in [0.3, 0.4) is 0 Å². The van der Waals surface area contributed by atoms with Gasteiger partial charge in [-0.3, -0.25) is 0 Å². The molecule has 0 aliphatic rings. The van der Waals surface area contributed by atoms with Crippen molar-refractivity contribution in [1.29, 1.82) is 5.26 Å². The van der Waals surface area contributed by atoms with Crippen LogP contribution in [-0.4, -0.2) is 14.8 Å². The Balaban J connectivity index is 2.57. The molecule has 0 saturated carbocycles. The Bertz CT molecular complexity index is 498. The van der Waals surface area contributed by atoms with E-state index in [4.69, 9.17) is 5.26 Å². The SMILES string of the molecule is N#Cc1cccnc1-n1[c]cc(Br)n1. The normalized spacial score (nSPS) is 9.71. The lowest BCUT2D eigenvalue weighted by atomic mass is 10.3. The van der Waals surface area contributed by atoms with Crippen molar-refractivity contribution in [2.24, 2.45) is 0 Å². The number of rotatable bonds is 1. The molecule has 0 aliphatic heterocycles. The Kier molecular flexibility index (Phi) is 2.29. The van der Waals surface area contributed by atoms with Crippen LogP contribution in [0.5, 0.6) is 0 Å². The molecule has 2 heterocycles. The molecule has 0 amide bonds. The van der Waals surface area contributed by atoms with Gasteiger partial charge in [-0.1, -0.05) is 0 Å². The highest BCUT2D eigenvalue weighted by atomic mass is 79.9. The van der Waals surface area contributed by atoms with Crippen LogP contribution in [0.1, 0.15) is 5.56 Å². The molecule has 0 N–H and O–H groups in total. The molecule has 0 aliphatic carbocycles.